The Hall–Kier alpha value is -4.56. The zero-order valence-corrected chi connectivity index (χ0v) is 27.2. The maximum atomic E-state index is 14.2. The highest BCUT2D eigenvalue weighted by atomic mass is 32.1. The van der Waals surface area contributed by atoms with Crippen LogP contribution in [-0.2, 0) is 14.3 Å². The summed E-state index contributed by atoms with van der Waals surface area (Å²) in [6, 6.07) is 29.5. The molecule has 0 spiro atoms. The van der Waals surface area contributed by atoms with E-state index >= 15 is 0 Å². The van der Waals surface area contributed by atoms with Crippen molar-refractivity contribution in [3.05, 3.63) is 126 Å². The van der Waals surface area contributed by atoms with Gasteiger partial charge in [-0.15, -0.1) is 17.9 Å². The average molecular weight is 655 g/mol. The third-order valence-electron chi connectivity index (χ3n) is 7.99. The number of carbonyl (C=O) groups excluding carboxylic acids is 4. The topological polar surface area (TPSA) is 113 Å². The molecular weight excluding hydrogens is 619 g/mol. The number of esters is 1. The quantitative estimate of drug-likeness (QED) is 0.0783. The van der Waals surface area contributed by atoms with Crippen LogP contribution < -0.4 is 21.2 Å². The molecule has 0 bridgehead atoms. The van der Waals surface area contributed by atoms with E-state index in [0.717, 1.165) is 27.3 Å². The Morgan fingerprint density at radius 3 is 1.96 bits per heavy atom. The van der Waals surface area contributed by atoms with Gasteiger partial charge in [-0.25, -0.2) is 0 Å². The molecule has 0 saturated carbocycles. The lowest BCUT2D eigenvalue weighted by molar-refractivity contribution is -0.157. The molecule has 1 aliphatic rings. The molecule has 46 heavy (non-hydrogen) atoms. The lowest BCUT2D eigenvalue weighted by Crippen LogP contribution is -2.67. The number of Topliss-reactive ketones (excluding diaryl/α,β-unsaturated/α-hetero) is 1. The van der Waals surface area contributed by atoms with E-state index in [1.165, 1.54) is 31.0 Å². The van der Waals surface area contributed by atoms with Gasteiger partial charge in [0, 0.05) is 25.7 Å². The summed E-state index contributed by atoms with van der Waals surface area (Å²) in [4.78, 5) is 55.3. The molecule has 0 radical (unpaired) electrons. The van der Waals surface area contributed by atoms with E-state index in [1.54, 1.807) is 5.38 Å². The number of rotatable bonds is 12. The van der Waals surface area contributed by atoms with Crippen molar-refractivity contribution in [3.63, 3.8) is 0 Å². The fourth-order valence-corrected chi connectivity index (χ4v) is 10.9. The van der Waals surface area contributed by atoms with Gasteiger partial charge >= 0.3 is 5.97 Å². The lowest BCUT2D eigenvalue weighted by Gasteiger charge is -2.50. The third-order valence-corrected chi connectivity index (χ3v) is 13.1. The standard InChI is InChI=1S/C36H35N2O6PS/c1-4-14-32(41)44-36(38-29(33(24(2)39)35(38)43)22-30(40)31-21-25(23-46-31)34(42)37-3)45(26-15-8-5-9-16-26,27-17-10-6-11-18-27)28-19-12-7-13-20-28/h4-13,15-21,23-24,29,33,39H,1,14,22H2,2-3H3,(H,37,42). The molecule has 2 amide bonds. The number of likely N-dealkylation sites (tertiary alicyclic amines) is 1. The molecule has 1 aromatic heterocycles. The molecule has 4 aromatic rings. The van der Waals surface area contributed by atoms with Crippen LogP contribution in [0.5, 0.6) is 0 Å². The number of nitrogens with one attached hydrogen (secondary N) is 1. The molecule has 5 rings (SSSR count). The Labute approximate surface area is 272 Å². The number of hydrogen-bond donors (Lipinski definition) is 2. The number of aliphatic hydroxyl groups excluding tert-OH is 1. The summed E-state index contributed by atoms with van der Waals surface area (Å²) in [7, 11) is 1.51. The molecule has 10 heteroatoms. The van der Waals surface area contributed by atoms with Crippen molar-refractivity contribution in [2.24, 2.45) is 5.92 Å². The van der Waals surface area contributed by atoms with Gasteiger partial charge in [0.25, 0.3) is 5.91 Å². The zero-order chi connectivity index (χ0) is 32.8. The Kier molecular flexibility index (Phi) is 10.2. The molecule has 3 unspecified atom stereocenters. The summed E-state index contributed by atoms with van der Waals surface area (Å²) in [5, 5.41) is 17.5. The fraction of sp³-hybridized carbons (Fsp3) is 0.194. The summed E-state index contributed by atoms with van der Waals surface area (Å²) in [5.74, 6) is -2.58. The first kappa shape index (κ1) is 32.8. The Morgan fingerprint density at radius 2 is 1.50 bits per heavy atom. The van der Waals surface area contributed by atoms with Gasteiger partial charge in [-0.1, -0.05) is 97.1 Å². The first-order valence-corrected chi connectivity index (χ1v) is 17.5. The zero-order valence-electron chi connectivity index (χ0n) is 25.5. The minimum absolute atomic E-state index is 0.106. The molecule has 3 atom stereocenters. The smallest absolute Gasteiger partial charge is 0.316 e. The highest BCUT2D eigenvalue weighted by Gasteiger charge is 2.55. The van der Waals surface area contributed by atoms with Crippen LogP contribution in [0.2, 0.25) is 0 Å². The van der Waals surface area contributed by atoms with Crippen molar-refractivity contribution in [3.8, 4) is 0 Å². The van der Waals surface area contributed by atoms with Crippen molar-refractivity contribution in [1.29, 1.82) is 0 Å². The van der Waals surface area contributed by atoms with Crippen LogP contribution in [0.1, 0.15) is 39.8 Å². The summed E-state index contributed by atoms with van der Waals surface area (Å²) < 4.78 is 6.31. The Balaban J connectivity index is 1.80. The van der Waals surface area contributed by atoms with Gasteiger partial charge in [-0.3, -0.25) is 24.1 Å². The number of thiophene rings is 1. The van der Waals surface area contributed by atoms with Crippen molar-refractivity contribution in [1.82, 2.24) is 10.2 Å². The number of benzene rings is 3. The van der Waals surface area contributed by atoms with Crippen molar-refractivity contribution in [2.45, 2.75) is 31.9 Å². The molecule has 1 aliphatic heterocycles. The molecule has 3 aromatic carbocycles. The SMILES string of the molecule is C=CCC(=O)OC(N1C(=O)C(C(C)O)C1CC(=O)c1cc(C(=O)NC)cs1)=P(c1ccccc1)(c1ccccc1)c1ccccc1. The molecule has 236 valence electrons. The van der Waals surface area contributed by atoms with E-state index in [-0.39, 0.29) is 30.1 Å². The van der Waals surface area contributed by atoms with E-state index in [2.05, 4.69) is 11.9 Å². The molecule has 1 fully saturated rings. The number of aliphatic hydroxyl groups is 1. The minimum atomic E-state index is -3.12. The van der Waals surface area contributed by atoms with Crippen molar-refractivity contribution < 1.29 is 29.0 Å². The summed E-state index contributed by atoms with van der Waals surface area (Å²) >= 11 is 1.14. The first-order chi connectivity index (χ1) is 22.2. The number of nitrogens with zero attached hydrogens (tertiary/aromatic N) is 1. The second kappa shape index (κ2) is 14.3. The number of hydrogen-bond acceptors (Lipinski definition) is 7. The number of ether oxygens (including phenoxy) is 1. The molecule has 1 saturated heterocycles. The van der Waals surface area contributed by atoms with Gasteiger partial charge in [0.15, 0.2) is 5.78 Å². The number of β-lactam (4-membered cyclic amide) rings is 1. The van der Waals surface area contributed by atoms with E-state index in [0.29, 0.717) is 10.4 Å². The first-order valence-electron chi connectivity index (χ1n) is 14.8. The number of carbonyl (C=O) groups is 4. The van der Waals surface area contributed by atoms with E-state index in [4.69, 9.17) is 4.74 Å². The predicted molar refractivity (Wildman–Crippen MR) is 184 cm³/mol. The Morgan fingerprint density at radius 1 is 0.978 bits per heavy atom. The van der Waals surface area contributed by atoms with E-state index in [1.807, 2.05) is 91.0 Å². The van der Waals surface area contributed by atoms with Crippen LogP contribution in [0.4, 0.5) is 0 Å². The van der Waals surface area contributed by atoms with Crippen LogP contribution in [0.25, 0.3) is 0 Å². The average Bonchev–Trinajstić information content (AvgIpc) is 3.57. The van der Waals surface area contributed by atoms with Crippen LogP contribution in [-0.4, -0.2) is 58.4 Å². The summed E-state index contributed by atoms with van der Waals surface area (Å²) in [5.41, 5.74) is 0.483. The lowest BCUT2D eigenvalue weighted by atomic mass is 9.81. The van der Waals surface area contributed by atoms with Crippen molar-refractivity contribution >= 4 is 63.3 Å². The van der Waals surface area contributed by atoms with Gasteiger partial charge in [-0.2, -0.15) is 0 Å². The molecule has 0 aliphatic carbocycles. The van der Waals surface area contributed by atoms with Gasteiger partial charge in [0.05, 0.1) is 34.9 Å². The van der Waals surface area contributed by atoms with E-state index < -0.39 is 36.8 Å². The largest absolute Gasteiger partial charge is 0.408 e. The second-order valence-corrected chi connectivity index (χ2v) is 15.1. The highest BCUT2D eigenvalue weighted by molar-refractivity contribution is 7.95. The highest BCUT2D eigenvalue weighted by Crippen LogP contribution is 2.50. The van der Waals surface area contributed by atoms with Crippen LogP contribution in [0.3, 0.4) is 0 Å². The van der Waals surface area contributed by atoms with Crippen molar-refractivity contribution in [2.75, 3.05) is 7.05 Å². The number of ketones is 1. The summed E-state index contributed by atoms with van der Waals surface area (Å²) in [6.07, 6.45) is 0.0986. The van der Waals surface area contributed by atoms with Gasteiger partial charge in [0.1, 0.15) is 0 Å². The molecule has 2 heterocycles. The molecule has 2 N–H and O–H groups in total. The maximum absolute atomic E-state index is 14.2. The predicted octanol–water partition coefficient (Wildman–Crippen LogP) is 4.09. The molecular formula is C36H35N2O6PS. The Bertz CT molecular complexity index is 1700. The second-order valence-electron chi connectivity index (χ2n) is 10.9. The normalized spacial score (nSPS) is 16.6. The minimum Gasteiger partial charge on any atom is -0.408 e. The van der Waals surface area contributed by atoms with Gasteiger partial charge in [-0.05, 0) is 28.9 Å². The third kappa shape index (κ3) is 6.14. The van der Waals surface area contributed by atoms with E-state index in [9.17, 15) is 24.3 Å². The van der Waals surface area contributed by atoms with Crippen LogP contribution in [0, 0.1) is 5.92 Å². The van der Waals surface area contributed by atoms with Gasteiger partial charge in [0.2, 0.25) is 11.5 Å². The number of amides is 2. The summed E-state index contributed by atoms with van der Waals surface area (Å²) in [6.45, 7) is 2.09. The van der Waals surface area contributed by atoms with Gasteiger partial charge < -0.3 is 15.2 Å². The molecule has 8 nitrogen and oxygen atoms in total. The fourth-order valence-electron chi connectivity index (χ4n) is 5.86. The maximum Gasteiger partial charge on any atom is 0.316 e. The monoisotopic (exact) mass is 654 g/mol. The van der Waals surface area contributed by atoms with Crippen LogP contribution in [0.15, 0.2) is 115 Å². The van der Waals surface area contributed by atoms with Crippen LogP contribution >= 0.6 is 18.2 Å².